The highest BCUT2D eigenvalue weighted by Gasteiger charge is 2.13. The van der Waals surface area contributed by atoms with E-state index in [1.807, 2.05) is 6.08 Å². The minimum atomic E-state index is 0.636. The number of hydrogen-bond acceptors (Lipinski definition) is 2. The van der Waals surface area contributed by atoms with E-state index in [2.05, 4.69) is 18.5 Å². The Bertz CT molecular complexity index is 214. The molecule has 1 unspecified atom stereocenters. The third-order valence-electron chi connectivity index (χ3n) is 2.37. The zero-order chi connectivity index (χ0) is 10.2. The van der Waals surface area contributed by atoms with Gasteiger partial charge in [0.1, 0.15) is 5.76 Å². The van der Waals surface area contributed by atoms with Crippen LogP contribution >= 0.6 is 0 Å². The van der Waals surface area contributed by atoms with Crippen molar-refractivity contribution in [2.75, 3.05) is 19.7 Å². The molecule has 1 fully saturated rings. The Hall–Kier alpha value is -1.02. The molecule has 1 N–H and O–H groups in total. The van der Waals surface area contributed by atoms with Crippen molar-refractivity contribution < 1.29 is 4.74 Å². The Morgan fingerprint density at radius 3 is 2.93 bits per heavy atom. The van der Waals surface area contributed by atoms with Crippen molar-refractivity contribution in [2.45, 2.75) is 12.8 Å². The molecule has 0 spiro atoms. The van der Waals surface area contributed by atoms with Gasteiger partial charge in [0.15, 0.2) is 0 Å². The summed E-state index contributed by atoms with van der Waals surface area (Å²) in [6.07, 6.45) is 7.78. The fourth-order valence-corrected chi connectivity index (χ4v) is 1.57. The molecule has 1 heterocycles. The van der Waals surface area contributed by atoms with Gasteiger partial charge in [0.2, 0.25) is 0 Å². The van der Waals surface area contributed by atoms with Crippen LogP contribution in [0.25, 0.3) is 0 Å². The number of allylic oxidation sites excluding steroid dienone is 3. The van der Waals surface area contributed by atoms with Crippen LogP contribution in [0.15, 0.2) is 37.1 Å². The number of ether oxygens (including phenoxy) is 1. The average Bonchev–Trinajstić information content (AvgIpc) is 2.25. The minimum absolute atomic E-state index is 0.636. The van der Waals surface area contributed by atoms with E-state index < -0.39 is 0 Å². The molecule has 1 aliphatic heterocycles. The predicted octanol–water partition coefficient (Wildman–Crippen LogP) is 2.26. The molecular formula is C12H19NO. The van der Waals surface area contributed by atoms with Gasteiger partial charge in [-0.15, -0.1) is 0 Å². The maximum atomic E-state index is 5.60. The molecule has 0 bridgehead atoms. The Balaban J connectivity index is 2.26. The second kappa shape index (κ2) is 6.44. The molecule has 0 aromatic carbocycles. The lowest BCUT2D eigenvalue weighted by Crippen LogP contribution is -2.32. The lowest BCUT2D eigenvalue weighted by Gasteiger charge is -2.22. The summed E-state index contributed by atoms with van der Waals surface area (Å²) < 4.78 is 5.60. The summed E-state index contributed by atoms with van der Waals surface area (Å²) in [5, 5.41) is 3.36. The first-order chi connectivity index (χ1) is 6.86. The summed E-state index contributed by atoms with van der Waals surface area (Å²) in [5.74, 6) is 1.45. The van der Waals surface area contributed by atoms with E-state index in [0.717, 1.165) is 25.5 Å². The molecule has 0 aliphatic carbocycles. The molecule has 2 nitrogen and oxygen atoms in total. The smallest absolute Gasteiger partial charge is 0.118 e. The van der Waals surface area contributed by atoms with Crippen LogP contribution in [0.3, 0.4) is 0 Å². The molecule has 0 amide bonds. The lowest BCUT2D eigenvalue weighted by molar-refractivity contribution is 0.157. The quantitative estimate of drug-likeness (QED) is 0.534. The molecule has 78 valence electrons. The summed E-state index contributed by atoms with van der Waals surface area (Å²) in [6.45, 7) is 10.3. The van der Waals surface area contributed by atoms with Crippen molar-refractivity contribution in [2.24, 2.45) is 5.92 Å². The molecular weight excluding hydrogens is 174 g/mol. The van der Waals surface area contributed by atoms with Gasteiger partial charge in [-0.05, 0) is 31.5 Å². The van der Waals surface area contributed by atoms with E-state index in [9.17, 15) is 0 Å². The predicted molar refractivity (Wildman–Crippen MR) is 60.0 cm³/mol. The van der Waals surface area contributed by atoms with Crippen LogP contribution in [0.5, 0.6) is 0 Å². The summed E-state index contributed by atoms with van der Waals surface area (Å²) in [7, 11) is 0. The van der Waals surface area contributed by atoms with Crippen molar-refractivity contribution in [1.82, 2.24) is 5.32 Å². The first-order valence-corrected chi connectivity index (χ1v) is 5.15. The van der Waals surface area contributed by atoms with E-state index in [0.29, 0.717) is 5.92 Å². The molecule has 0 aromatic rings. The number of hydrogen-bond donors (Lipinski definition) is 1. The average molecular weight is 193 g/mol. The van der Waals surface area contributed by atoms with Crippen LogP contribution in [0.4, 0.5) is 0 Å². The van der Waals surface area contributed by atoms with Crippen LogP contribution in [0.2, 0.25) is 0 Å². The highest BCUT2D eigenvalue weighted by Crippen LogP contribution is 2.12. The first-order valence-electron chi connectivity index (χ1n) is 5.15. The van der Waals surface area contributed by atoms with Crippen LogP contribution in [-0.2, 0) is 4.74 Å². The summed E-state index contributed by atoms with van der Waals surface area (Å²) >= 11 is 0. The van der Waals surface area contributed by atoms with Gasteiger partial charge in [-0.25, -0.2) is 0 Å². The fraction of sp³-hybridized carbons (Fsp3) is 0.500. The van der Waals surface area contributed by atoms with Gasteiger partial charge in [0.25, 0.3) is 0 Å². The Labute approximate surface area is 86.3 Å². The normalized spacial score (nSPS) is 22.9. The molecule has 1 aliphatic rings. The van der Waals surface area contributed by atoms with Gasteiger partial charge in [-0.2, -0.15) is 0 Å². The second-order valence-corrected chi connectivity index (χ2v) is 3.53. The Kier molecular flexibility index (Phi) is 5.08. The fourth-order valence-electron chi connectivity index (χ4n) is 1.57. The van der Waals surface area contributed by atoms with E-state index in [4.69, 9.17) is 4.74 Å². The van der Waals surface area contributed by atoms with Crippen LogP contribution < -0.4 is 5.32 Å². The van der Waals surface area contributed by atoms with Gasteiger partial charge in [0.05, 0.1) is 6.61 Å². The van der Waals surface area contributed by atoms with Crippen molar-refractivity contribution in [3.8, 4) is 0 Å². The van der Waals surface area contributed by atoms with Crippen LogP contribution in [0.1, 0.15) is 12.8 Å². The summed E-state index contributed by atoms with van der Waals surface area (Å²) in [6, 6.07) is 0. The van der Waals surface area contributed by atoms with E-state index >= 15 is 0 Å². The number of rotatable bonds is 5. The standard InChI is InChI=1S/C12H19NO/c1-3-6-12(4-2)14-10-11-7-5-8-13-9-11/h3-4,6,11,13H,1-2,5,7-10H2/b12-6+. The third-order valence-corrected chi connectivity index (χ3v) is 2.37. The topological polar surface area (TPSA) is 21.3 Å². The number of nitrogens with one attached hydrogen (secondary N) is 1. The summed E-state index contributed by atoms with van der Waals surface area (Å²) in [4.78, 5) is 0. The lowest BCUT2D eigenvalue weighted by atomic mass is 10.0. The van der Waals surface area contributed by atoms with Crippen LogP contribution in [-0.4, -0.2) is 19.7 Å². The maximum Gasteiger partial charge on any atom is 0.118 e. The van der Waals surface area contributed by atoms with E-state index in [1.54, 1.807) is 12.2 Å². The second-order valence-electron chi connectivity index (χ2n) is 3.53. The molecule has 1 rings (SSSR count). The minimum Gasteiger partial charge on any atom is -0.493 e. The molecule has 1 saturated heterocycles. The van der Waals surface area contributed by atoms with E-state index in [1.165, 1.54) is 12.8 Å². The summed E-state index contributed by atoms with van der Waals surface area (Å²) in [5.41, 5.74) is 0. The van der Waals surface area contributed by atoms with Crippen molar-refractivity contribution in [3.05, 3.63) is 37.1 Å². The molecule has 14 heavy (non-hydrogen) atoms. The molecule has 2 heteroatoms. The van der Waals surface area contributed by atoms with Gasteiger partial charge in [-0.3, -0.25) is 0 Å². The van der Waals surface area contributed by atoms with Crippen molar-refractivity contribution >= 4 is 0 Å². The van der Waals surface area contributed by atoms with Gasteiger partial charge in [0, 0.05) is 12.5 Å². The zero-order valence-electron chi connectivity index (χ0n) is 8.67. The van der Waals surface area contributed by atoms with Crippen molar-refractivity contribution in [3.63, 3.8) is 0 Å². The van der Waals surface area contributed by atoms with Gasteiger partial charge >= 0.3 is 0 Å². The molecule has 0 aromatic heterocycles. The van der Waals surface area contributed by atoms with Crippen LogP contribution in [0, 0.1) is 5.92 Å². The number of piperidine rings is 1. The molecule has 1 atom stereocenters. The van der Waals surface area contributed by atoms with E-state index in [-0.39, 0.29) is 0 Å². The maximum absolute atomic E-state index is 5.60. The zero-order valence-corrected chi connectivity index (χ0v) is 8.67. The highest BCUT2D eigenvalue weighted by atomic mass is 16.5. The Morgan fingerprint density at radius 1 is 1.50 bits per heavy atom. The SMILES string of the molecule is C=C/C=C(\C=C)OCC1CCCNC1. The molecule has 0 radical (unpaired) electrons. The van der Waals surface area contributed by atoms with Gasteiger partial charge in [-0.1, -0.05) is 19.2 Å². The Morgan fingerprint density at radius 2 is 2.36 bits per heavy atom. The van der Waals surface area contributed by atoms with Crippen molar-refractivity contribution in [1.29, 1.82) is 0 Å². The largest absolute Gasteiger partial charge is 0.493 e. The molecule has 0 saturated carbocycles. The first kappa shape index (κ1) is 11.1. The van der Waals surface area contributed by atoms with Gasteiger partial charge < -0.3 is 10.1 Å². The highest BCUT2D eigenvalue weighted by molar-refractivity contribution is 5.14. The monoisotopic (exact) mass is 193 g/mol. The third kappa shape index (κ3) is 3.79.